The van der Waals surface area contributed by atoms with Crippen molar-refractivity contribution in [3.63, 3.8) is 0 Å². The van der Waals surface area contributed by atoms with Gasteiger partial charge < -0.3 is 5.11 Å². The number of carboxylic acids is 1. The highest BCUT2D eigenvalue weighted by atomic mass is 16.4. The van der Waals surface area contributed by atoms with Crippen LogP contribution in [0.3, 0.4) is 0 Å². The fourth-order valence-electron chi connectivity index (χ4n) is 2.05. The number of aromatic carboxylic acids is 1. The Morgan fingerprint density at radius 3 is 2.36 bits per heavy atom. The van der Waals surface area contributed by atoms with E-state index in [1.165, 1.54) is 6.20 Å². The zero-order valence-corrected chi connectivity index (χ0v) is 12.8. The predicted octanol–water partition coefficient (Wildman–Crippen LogP) is 2.91. The molecule has 0 amide bonds. The molecule has 2 aromatic rings. The number of nitrogens with zero attached hydrogens (tertiary/aromatic N) is 2. The number of rotatable bonds is 5. The quantitative estimate of drug-likeness (QED) is 0.858. The summed E-state index contributed by atoms with van der Waals surface area (Å²) in [5.74, 6) is -1.39. The van der Waals surface area contributed by atoms with Gasteiger partial charge in [-0.2, -0.15) is 0 Å². The van der Waals surface area contributed by atoms with E-state index in [1.54, 1.807) is 13.8 Å². The van der Waals surface area contributed by atoms with Crippen LogP contribution in [-0.2, 0) is 6.42 Å². The molecule has 0 spiro atoms. The van der Waals surface area contributed by atoms with Crippen molar-refractivity contribution >= 4 is 11.8 Å². The maximum absolute atomic E-state index is 12.0. The van der Waals surface area contributed by atoms with Gasteiger partial charge in [-0.05, 0) is 12.5 Å². The summed E-state index contributed by atoms with van der Waals surface area (Å²) in [6.45, 7) is 5.43. The number of hydrogen-bond donors (Lipinski definition) is 1. The molecule has 1 aromatic carbocycles. The van der Waals surface area contributed by atoms with Crippen LogP contribution in [0.1, 0.15) is 51.6 Å². The number of Topliss-reactive ketones (excluding diaryl/α,β-unsaturated/α-hetero) is 1. The summed E-state index contributed by atoms with van der Waals surface area (Å²) in [6.07, 6.45) is 1.75. The molecule has 22 heavy (non-hydrogen) atoms. The van der Waals surface area contributed by atoms with Crippen molar-refractivity contribution in [1.82, 2.24) is 9.97 Å². The Balaban J connectivity index is 2.35. The molecule has 2 rings (SSSR count). The lowest BCUT2D eigenvalue weighted by Gasteiger charge is -2.08. The van der Waals surface area contributed by atoms with Crippen LogP contribution in [0, 0.1) is 12.8 Å². The number of carboxylic acid groups (broad SMARTS) is 1. The highest BCUT2D eigenvalue weighted by molar-refractivity contribution is 6.05. The maximum Gasteiger partial charge on any atom is 0.355 e. The molecular formula is C17H18N2O3. The molecule has 1 heterocycles. The normalized spacial score (nSPS) is 10.7. The van der Waals surface area contributed by atoms with Gasteiger partial charge in [0.1, 0.15) is 5.82 Å². The third-order valence-electron chi connectivity index (χ3n) is 3.31. The molecule has 114 valence electrons. The first kappa shape index (κ1) is 15.8. The van der Waals surface area contributed by atoms with Crippen LogP contribution >= 0.6 is 0 Å². The molecule has 0 radical (unpaired) electrons. The topological polar surface area (TPSA) is 80.2 Å². The van der Waals surface area contributed by atoms with E-state index in [2.05, 4.69) is 9.97 Å². The van der Waals surface area contributed by atoms with Gasteiger partial charge in [-0.25, -0.2) is 14.8 Å². The monoisotopic (exact) mass is 298 g/mol. The summed E-state index contributed by atoms with van der Waals surface area (Å²) in [5.41, 5.74) is 1.98. The number of aryl methyl sites for hydroxylation is 1. The van der Waals surface area contributed by atoms with E-state index in [1.807, 2.05) is 31.2 Å². The van der Waals surface area contributed by atoms with Crippen LogP contribution < -0.4 is 0 Å². The van der Waals surface area contributed by atoms with Crippen molar-refractivity contribution in [2.75, 3.05) is 0 Å². The zero-order chi connectivity index (χ0) is 16.3. The van der Waals surface area contributed by atoms with E-state index in [0.717, 1.165) is 11.1 Å². The average molecular weight is 298 g/mol. The third kappa shape index (κ3) is 3.55. The van der Waals surface area contributed by atoms with Crippen LogP contribution in [0.25, 0.3) is 0 Å². The molecule has 5 nitrogen and oxygen atoms in total. The Hall–Kier alpha value is -2.56. The summed E-state index contributed by atoms with van der Waals surface area (Å²) in [6, 6.07) is 7.85. The largest absolute Gasteiger partial charge is 0.476 e. The summed E-state index contributed by atoms with van der Waals surface area (Å²) < 4.78 is 0. The van der Waals surface area contributed by atoms with Gasteiger partial charge >= 0.3 is 5.97 Å². The van der Waals surface area contributed by atoms with E-state index in [9.17, 15) is 14.7 Å². The lowest BCUT2D eigenvalue weighted by Crippen LogP contribution is -2.17. The van der Waals surface area contributed by atoms with Crippen LogP contribution in [0.2, 0.25) is 0 Å². The minimum Gasteiger partial charge on any atom is -0.476 e. The SMILES string of the molecule is Cc1ccc(Cc2ncc(C(=O)C(C)C)c(C(=O)O)n2)cc1. The molecule has 1 N–H and O–H groups in total. The smallest absolute Gasteiger partial charge is 0.355 e. The lowest BCUT2D eigenvalue weighted by atomic mass is 10.0. The standard InChI is InChI=1S/C17H18N2O3/c1-10(2)16(20)13-9-18-14(19-15(13)17(21)22)8-12-6-4-11(3)5-7-12/h4-7,9-10H,8H2,1-3H3,(H,21,22). The van der Waals surface area contributed by atoms with Gasteiger partial charge in [-0.1, -0.05) is 43.7 Å². The molecular weight excluding hydrogens is 280 g/mol. The highest BCUT2D eigenvalue weighted by Crippen LogP contribution is 2.14. The molecule has 0 aliphatic rings. The van der Waals surface area contributed by atoms with Crippen LogP contribution in [0.15, 0.2) is 30.5 Å². The van der Waals surface area contributed by atoms with E-state index in [4.69, 9.17) is 0 Å². The van der Waals surface area contributed by atoms with E-state index in [0.29, 0.717) is 12.2 Å². The van der Waals surface area contributed by atoms with Gasteiger partial charge in [-0.15, -0.1) is 0 Å². The Kier molecular flexibility index (Phi) is 4.65. The van der Waals surface area contributed by atoms with Crippen molar-refractivity contribution in [2.24, 2.45) is 5.92 Å². The molecule has 0 saturated heterocycles. The first-order valence-corrected chi connectivity index (χ1v) is 7.07. The van der Waals surface area contributed by atoms with Crippen LogP contribution in [0.5, 0.6) is 0 Å². The molecule has 0 unspecified atom stereocenters. The summed E-state index contributed by atoms with van der Waals surface area (Å²) in [7, 11) is 0. The Bertz CT molecular complexity index is 706. The predicted molar refractivity (Wildman–Crippen MR) is 82.1 cm³/mol. The Labute approximate surface area is 129 Å². The van der Waals surface area contributed by atoms with Gasteiger partial charge in [0.25, 0.3) is 0 Å². The molecule has 0 aliphatic heterocycles. The number of carbonyl (C=O) groups is 2. The maximum atomic E-state index is 12.0. The number of carbonyl (C=O) groups excluding carboxylic acids is 1. The minimum absolute atomic E-state index is 0.0650. The van der Waals surface area contributed by atoms with Gasteiger partial charge in [0.05, 0.1) is 5.56 Å². The highest BCUT2D eigenvalue weighted by Gasteiger charge is 2.21. The Morgan fingerprint density at radius 1 is 1.18 bits per heavy atom. The van der Waals surface area contributed by atoms with Crippen molar-refractivity contribution in [2.45, 2.75) is 27.2 Å². The number of hydrogen-bond acceptors (Lipinski definition) is 4. The van der Waals surface area contributed by atoms with Gasteiger partial charge in [0.15, 0.2) is 11.5 Å². The Morgan fingerprint density at radius 2 is 1.82 bits per heavy atom. The molecule has 0 bridgehead atoms. The van der Waals surface area contributed by atoms with Crippen molar-refractivity contribution in [1.29, 1.82) is 0 Å². The van der Waals surface area contributed by atoms with Crippen molar-refractivity contribution < 1.29 is 14.7 Å². The molecule has 5 heteroatoms. The fraction of sp³-hybridized carbons (Fsp3) is 0.294. The van der Waals surface area contributed by atoms with E-state index in [-0.39, 0.29) is 23.0 Å². The number of ketones is 1. The second-order valence-corrected chi connectivity index (χ2v) is 5.53. The molecule has 0 atom stereocenters. The first-order valence-electron chi connectivity index (χ1n) is 7.07. The second-order valence-electron chi connectivity index (χ2n) is 5.53. The van der Waals surface area contributed by atoms with Crippen molar-refractivity contribution in [3.05, 3.63) is 58.7 Å². The minimum atomic E-state index is -1.21. The van der Waals surface area contributed by atoms with E-state index < -0.39 is 5.97 Å². The van der Waals surface area contributed by atoms with Gasteiger partial charge in [0.2, 0.25) is 0 Å². The molecule has 0 aliphatic carbocycles. The zero-order valence-electron chi connectivity index (χ0n) is 12.8. The third-order valence-corrected chi connectivity index (χ3v) is 3.31. The summed E-state index contributed by atoms with van der Waals surface area (Å²) in [5, 5.41) is 9.28. The van der Waals surface area contributed by atoms with E-state index >= 15 is 0 Å². The fourth-order valence-corrected chi connectivity index (χ4v) is 2.05. The first-order chi connectivity index (χ1) is 10.4. The summed E-state index contributed by atoms with van der Waals surface area (Å²) >= 11 is 0. The summed E-state index contributed by atoms with van der Waals surface area (Å²) in [4.78, 5) is 31.6. The number of aromatic nitrogens is 2. The van der Waals surface area contributed by atoms with Gasteiger partial charge in [-0.3, -0.25) is 4.79 Å². The average Bonchev–Trinajstić information content (AvgIpc) is 2.48. The lowest BCUT2D eigenvalue weighted by molar-refractivity contribution is 0.0683. The van der Waals surface area contributed by atoms with Crippen LogP contribution in [0.4, 0.5) is 0 Å². The second kappa shape index (κ2) is 6.47. The molecule has 0 saturated carbocycles. The van der Waals surface area contributed by atoms with Crippen LogP contribution in [-0.4, -0.2) is 26.8 Å². The molecule has 0 fully saturated rings. The number of benzene rings is 1. The van der Waals surface area contributed by atoms with Gasteiger partial charge in [0, 0.05) is 18.5 Å². The molecule has 1 aromatic heterocycles. The van der Waals surface area contributed by atoms with Crippen molar-refractivity contribution in [3.8, 4) is 0 Å².